The van der Waals surface area contributed by atoms with Gasteiger partial charge < -0.3 is 15.8 Å². The zero-order valence-electron chi connectivity index (χ0n) is 10.0. The molecule has 2 amide bonds. The average Bonchev–Trinajstić information content (AvgIpc) is 2.35. The molecule has 18 heavy (non-hydrogen) atoms. The fraction of sp³-hybridized carbons (Fsp3) is 0.333. The van der Waals surface area contributed by atoms with Gasteiger partial charge in [-0.25, -0.2) is 0 Å². The zero-order valence-corrected chi connectivity index (χ0v) is 10.0. The van der Waals surface area contributed by atoms with Crippen LogP contribution in [0.2, 0.25) is 0 Å². The fourth-order valence-corrected chi connectivity index (χ4v) is 1.87. The van der Waals surface area contributed by atoms with Crippen LogP contribution >= 0.6 is 0 Å². The van der Waals surface area contributed by atoms with Crippen molar-refractivity contribution in [1.29, 1.82) is 0 Å². The molecule has 1 atom stereocenters. The molecule has 96 valence electrons. The number of carbonyl (C=O) groups excluding carboxylic acids is 2. The summed E-state index contributed by atoms with van der Waals surface area (Å²) in [6.45, 7) is 0. The quantitative estimate of drug-likeness (QED) is 0.535. The zero-order chi connectivity index (χ0) is 13.1. The molecule has 1 aromatic rings. The Balaban J connectivity index is 2.14. The van der Waals surface area contributed by atoms with Gasteiger partial charge in [-0.3, -0.25) is 14.9 Å². The molecule has 1 saturated heterocycles. The van der Waals surface area contributed by atoms with Crippen LogP contribution in [0.4, 0.5) is 11.4 Å². The van der Waals surface area contributed by atoms with E-state index in [0.29, 0.717) is 30.0 Å². The van der Waals surface area contributed by atoms with Crippen molar-refractivity contribution >= 4 is 23.2 Å². The van der Waals surface area contributed by atoms with E-state index in [4.69, 9.17) is 10.5 Å². The Morgan fingerprint density at radius 2 is 2.22 bits per heavy atom. The van der Waals surface area contributed by atoms with Crippen molar-refractivity contribution in [2.24, 2.45) is 0 Å². The molecule has 1 aliphatic heterocycles. The first kappa shape index (κ1) is 12.2. The van der Waals surface area contributed by atoms with Gasteiger partial charge in [-0.1, -0.05) is 6.07 Å². The Hall–Kier alpha value is -2.24. The topological polar surface area (TPSA) is 93.5 Å². The number of hydrogen-bond acceptors (Lipinski definition) is 5. The van der Waals surface area contributed by atoms with Crippen molar-refractivity contribution < 1.29 is 14.3 Å². The second-order valence-corrected chi connectivity index (χ2v) is 4.07. The molecule has 0 saturated carbocycles. The molecule has 1 aliphatic rings. The molecule has 2 rings (SSSR count). The summed E-state index contributed by atoms with van der Waals surface area (Å²) in [5.41, 5.74) is 6.97. The molecule has 1 heterocycles. The molecule has 1 fully saturated rings. The van der Waals surface area contributed by atoms with Gasteiger partial charge in [0.1, 0.15) is 11.8 Å². The number of piperidine rings is 1. The largest absolute Gasteiger partial charge is 0.495 e. The first-order valence-electron chi connectivity index (χ1n) is 5.64. The first-order valence-corrected chi connectivity index (χ1v) is 5.64. The maximum atomic E-state index is 11.6. The summed E-state index contributed by atoms with van der Waals surface area (Å²) in [6.07, 6.45) is 0.786. The number of para-hydroxylation sites is 1. The highest BCUT2D eigenvalue weighted by Crippen LogP contribution is 2.30. The van der Waals surface area contributed by atoms with Gasteiger partial charge in [0, 0.05) is 6.42 Å². The van der Waals surface area contributed by atoms with Crippen molar-refractivity contribution in [2.75, 3.05) is 18.2 Å². The molecule has 0 aliphatic carbocycles. The summed E-state index contributed by atoms with van der Waals surface area (Å²) in [5.74, 6) is -0.0163. The van der Waals surface area contributed by atoms with Crippen molar-refractivity contribution in [2.45, 2.75) is 18.9 Å². The van der Waals surface area contributed by atoms with Gasteiger partial charge in [0.05, 0.1) is 18.5 Å². The number of rotatable bonds is 3. The van der Waals surface area contributed by atoms with Crippen LogP contribution in [0.15, 0.2) is 18.2 Å². The average molecular weight is 249 g/mol. The van der Waals surface area contributed by atoms with E-state index < -0.39 is 6.04 Å². The first-order chi connectivity index (χ1) is 8.61. The van der Waals surface area contributed by atoms with E-state index >= 15 is 0 Å². The summed E-state index contributed by atoms with van der Waals surface area (Å²) in [4.78, 5) is 22.6. The van der Waals surface area contributed by atoms with Crippen molar-refractivity contribution in [3.8, 4) is 5.75 Å². The maximum Gasteiger partial charge on any atom is 0.249 e. The molecule has 0 radical (unpaired) electrons. The summed E-state index contributed by atoms with van der Waals surface area (Å²) in [5, 5.41) is 5.31. The number of nitrogens with two attached hydrogens (primary N) is 1. The lowest BCUT2D eigenvalue weighted by Gasteiger charge is -2.23. The number of anilines is 2. The third-order valence-corrected chi connectivity index (χ3v) is 2.85. The molecule has 4 N–H and O–H groups in total. The van der Waals surface area contributed by atoms with Gasteiger partial charge in [0.15, 0.2) is 0 Å². The number of carbonyl (C=O) groups is 2. The highest BCUT2D eigenvalue weighted by Gasteiger charge is 2.26. The van der Waals surface area contributed by atoms with Crippen molar-refractivity contribution in [1.82, 2.24) is 5.32 Å². The Morgan fingerprint density at radius 3 is 2.89 bits per heavy atom. The fourth-order valence-electron chi connectivity index (χ4n) is 1.87. The van der Waals surface area contributed by atoms with Gasteiger partial charge >= 0.3 is 0 Å². The van der Waals surface area contributed by atoms with Gasteiger partial charge in [-0.2, -0.15) is 0 Å². The smallest absolute Gasteiger partial charge is 0.249 e. The monoisotopic (exact) mass is 249 g/mol. The van der Waals surface area contributed by atoms with E-state index in [1.807, 2.05) is 0 Å². The Morgan fingerprint density at radius 1 is 1.44 bits per heavy atom. The Bertz CT molecular complexity index is 487. The third kappa shape index (κ3) is 2.37. The summed E-state index contributed by atoms with van der Waals surface area (Å²) >= 11 is 0. The molecular formula is C12H15N3O3. The number of benzene rings is 1. The van der Waals surface area contributed by atoms with Gasteiger partial charge in [-0.05, 0) is 18.6 Å². The van der Waals surface area contributed by atoms with Crippen LogP contribution in [-0.2, 0) is 9.59 Å². The molecule has 0 bridgehead atoms. The van der Waals surface area contributed by atoms with E-state index in [0.717, 1.165) is 0 Å². The van der Waals surface area contributed by atoms with Crippen LogP contribution in [0.25, 0.3) is 0 Å². The SMILES string of the molecule is COc1cccc(NC2CCC(=O)NC2=O)c1N. The minimum Gasteiger partial charge on any atom is -0.495 e. The number of hydrogen-bond donors (Lipinski definition) is 3. The minimum absolute atomic E-state index is 0.239. The van der Waals surface area contributed by atoms with Crippen LogP contribution in [-0.4, -0.2) is 25.0 Å². The number of imide groups is 1. The highest BCUT2D eigenvalue weighted by molar-refractivity contribution is 6.01. The summed E-state index contributed by atoms with van der Waals surface area (Å²) in [6, 6.07) is 4.84. The van der Waals surface area contributed by atoms with Crippen LogP contribution in [0.3, 0.4) is 0 Å². The second-order valence-electron chi connectivity index (χ2n) is 4.07. The van der Waals surface area contributed by atoms with Crippen LogP contribution < -0.4 is 21.1 Å². The predicted octanol–water partition coefficient (Wildman–Crippen LogP) is 0.494. The molecule has 0 aromatic heterocycles. The van der Waals surface area contributed by atoms with Gasteiger partial charge in [0.2, 0.25) is 11.8 Å². The van der Waals surface area contributed by atoms with E-state index in [9.17, 15) is 9.59 Å². The Kier molecular flexibility index (Phi) is 3.36. The molecule has 1 unspecified atom stereocenters. The van der Waals surface area contributed by atoms with E-state index in [1.54, 1.807) is 18.2 Å². The number of methoxy groups -OCH3 is 1. The van der Waals surface area contributed by atoms with Crippen LogP contribution in [0.5, 0.6) is 5.75 Å². The van der Waals surface area contributed by atoms with Crippen molar-refractivity contribution in [3.63, 3.8) is 0 Å². The standard InChI is InChI=1S/C12H15N3O3/c1-18-9-4-2-3-7(11(9)13)14-8-5-6-10(16)15-12(8)17/h2-4,8,14H,5-6,13H2,1H3,(H,15,16,17). The maximum absolute atomic E-state index is 11.6. The number of nitrogen functional groups attached to an aromatic ring is 1. The lowest BCUT2D eigenvalue weighted by atomic mass is 10.1. The van der Waals surface area contributed by atoms with E-state index in [1.165, 1.54) is 7.11 Å². The predicted molar refractivity (Wildman–Crippen MR) is 67.2 cm³/mol. The Labute approximate surface area is 104 Å². The summed E-state index contributed by atoms with van der Waals surface area (Å²) in [7, 11) is 1.53. The molecular weight excluding hydrogens is 234 g/mol. The molecule has 6 heteroatoms. The third-order valence-electron chi connectivity index (χ3n) is 2.85. The van der Waals surface area contributed by atoms with E-state index in [2.05, 4.69) is 10.6 Å². The lowest BCUT2D eigenvalue weighted by Crippen LogP contribution is -2.47. The number of nitrogens with one attached hydrogen (secondary N) is 2. The van der Waals surface area contributed by atoms with Gasteiger partial charge in [-0.15, -0.1) is 0 Å². The van der Waals surface area contributed by atoms with E-state index in [-0.39, 0.29) is 11.8 Å². The van der Waals surface area contributed by atoms with Crippen molar-refractivity contribution in [3.05, 3.63) is 18.2 Å². The minimum atomic E-state index is -0.447. The number of amides is 2. The second kappa shape index (κ2) is 4.95. The molecule has 1 aromatic carbocycles. The molecule has 0 spiro atoms. The normalized spacial score (nSPS) is 19.3. The lowest BCUT2D eigenvalue weighted by molar-refractivity contribution is -0.133. The highest BCUT2D eigenvalue weighted by atomic mass is 16.5. The van der Waals surface area contributed by atoms with Crippen LogP contribution in [0.1, 0.15) is 12.8 Å². The van der Waals surface area contributed by atoms with Gasteiger partial charge in [0.25, 0.3) is 0 Å². The summed E-state index contributed by atoms with van der Waals surface area (Å²) < 4.78 is 5.10. The van der Waals surface area contributed by atoms with Crippen LogP contribution in [0, 0.1) is 0 Å². The molecule has 6 nitrogen and oxygen atoms in total. The number of ether oxygens (including phenoxy) is 1.